The first-order chi connectivity index (χ1) is 11.9. The second kappa shape index (κ2) is 10.4. The van der Waals surface area contributed by atoms with Gasteiger partial charge in [-0.25, -0.2) is 0 Å². The Morgan fingerprint density at radius 2 is 1.19 bits per heavy atom. The number of hydrogen-bond donors (Lipinski definition) is 0. The van der Waals surface area contributed by atoms with Crippen LogP contribution in [-0.2, 0) is 25.8 Å². The van der Waals surface area contributed by atoms with Crippen LogP contribution < -0.4 is 0 Å². The van der Waals surface area contributed by atoms with Gasteiger partial charge >= 0.3 is 0 Å². The van der Waals surface area contributed by atoms with Gasteiger partial charge in [-0.1, -0.05) is 96.7 Å². The van der Waals surface area contributed by atoms with Gasteiger partial charge in [0.05, 0.1) is 0 Å². The molecule has 0 N–H and O–H groups in total. The molecular formula is C24H26HfSi-2. The summed E-state index contributed by atoms with van der Waals surface area (Å²) in [6, 6.07) is 20.4. The van der Waals surface area contributed by atoms with Gasteiger partial charge in [-0.3, -0.25) is 0 Å². The van der Waals surface area contributed by atoms with E-state index in [4.69, 9.17) is 0 Å². The van der Waals surface area contributed by atoms with E-state index in [1.165, 1.54) is 56.7 Å². The first-order valence-electron chi connectivity index (χ1n) is 9.02. The van der Waals surface area contributed by atoms with Crippen molar-refractivity contribution in [1.29, 1.82) is 0 Å². The summed E-state index contributed by atoms with van der Waals surface area (Å²) in [6.07, 6.45) is 14.6. The molecule has 1 heterocycles. The van der Waals surface area contributed by atoms with Crippen molar-refractivity contribution in [1.82, 2.24) is 0 Å². The van der Waals surface area contributed by atoms with Gasteiger partial charge in [0.2, 0.25) is 0 Å². The van der Waals surface area contributed by atoms with E-state index < -0.39 is 0 Å². The van der Waals surface area contributed by atoms with E-state index in [0.717, 1.165) is 0 Å². The molecule has 5 rings (SSSR count). The number of benzene rings is 2. The monoisotopic (exact) mass is 522 g/mol. The average Bonchev–Trinajstić information content (AvgIpc) is 3.38. The summed E-state index contributed by atoms with van der Waals surface area (Å²) in [6.45, 7) is 0. The molecule has 2 heteroatoms. The van der Waals surface area contributed by atoms with Gasteiger partial charge in [-0.2, -0.15) is 0 Å². The predicted molar refractivity (Wildman–Crippen MR) is 112 cm³/mol. The van der Waals surface area contributed by atoms with Gasteiger partial charge in [-0.05, 0) is 11.1 Å². The molecule has 2 aromatic carbocycles. The molecule has 132 valence electrons. The van der Waals surface area contributed by atoms with Crippen LogP contribution in [0.3, 0.4) is 0 Å². The van der Waals surface area contributed by atoms with Gasteiger partial charge in [0.1, 0.15) is 0 Å². The fourth-order valence-corrected chi connectivity index (χ4v) is 4.99. The third kappa shape index (κ3) is 4.83. The van der Waals surface area contributed by atoms with Crippen LogP contribution in [-0.4, -0.2) is 9.52 Å². The van der Waals surface area contributed by atoms with Crippen LogP contribution in [0.5, 0.6) is 0 Å². The van der Waals surface area contributed by atoms with Crippen LogP contribution in [0.1, 0.15) is 46.9 Å². The standard InChI is InChI=1S/C19H15.C4H8Si.CH3.Hf/c1-3-7-18-14(5-1)9-11-16(18)13-17-12-10-15-6-2-4-8-19(15)17;1-2-4-5-3-1;;/h1-13,16-17H;1-4H2;1H3;/q-1;;-1;. The van der Waals surface area contributed by atoms with Gasteiger partial charge in [0.15, 0.2) is 0 Å². The molecule has 2 aromatic rings. The third-order valence-corrected chi connectivity index (χ3v) is 6.46. The zero-order valence-electron chi connectivity index (χ0n) is 15.5. The van der Waals surface area contributed by atoms with E-state index in [1.54, 1.807) is 0 Å². The Morgan fingerprint density at radius 1 is 0.731 bits per heavy atom. The quantitative estimate of drug-likeness (QED) is 0.310. The zero-order chi connectivity index (χ0) is 16.2. The molecule has 2 atom stereocenters. The Hall–Kier alpha value is -0.993. The molecule has 2 unspecified atom stereocenters. The van der Waals surface area contributed by atoms with Crippen molar-refractivity contribution in [2.45, 2.75) is 36.8 Å². The Labute approximate surface area is 180 Å². The van der Waals surface area contributed by atoms with Crippen LogP contribution in [0, 0.1) is 13.8 Å². The normalized spacial score (nSPS) is 21.1. The largest absolute Gasteiger partial charge is 0.358 e. The molecule has 0 amide bonds. The third-order valence-electron chi connectivity index (χ3n) is 5.05. The van der Waals surface area contributed by atoms with Crippen LogP contribution in [0.15, 0.2) is 60.7 Å². The van der Waals surface area contributed by atoms with Crippen molar-refractivity contribution in [2.75, 3.05) is 0 Å². The topological polar surface area (TPSA) is 0 Å². The summed E-state index contributed by atoms with van der Waals surface area (Å²) in [7, 11) is 1.31. The summed E-state index contributed by atoms with van der Waals surface area (Å²) in [5.74, 6) is 0.883. The number of hydrogen-bond acceptors (Lipinski definition) is 0. The molecule has 26 heavy (non-hydrogen) atoms. The van der Waals surface area contributed by atoms with E-state index in [1.807, 2.05) is 0 Å². The summed E-state index contributed by atoms with van der Waals surface area (Å²) >= 11 is 0. The maximum absolute atomic E-state index is 2.45. The Bertz CT molecular complexity index is 691. The minimum Gasteiger partial charge on any atom is -0.358 e. The maximum Gasteiger partial charge on any atom is 0.0377 e. The zero-order valence-corrected chi connectivity index (χ0v) is 20.1. The molecule has 0 aromatic heterocycles. The predicted octanol–water partition coefficient (Wildman–Crippen LogP) is 6.58. The van der Waals surface area contributed by atoms with Crippen molar-refractivity contribution >= 4 is 21.7 Å². The van der Waals surface area contributed by atoms with Crippen molar-refractivity contribution in [3.8, 4) is 0 Å². The molecule has 2 radical (unpaired) electrons. The summed E-state index contributed by atoms with van der Waals surface area (Å²) < 4.78 is 0. The summed E-state index contributed by atoms with van der Waals surface area (Å²) in [5.41, 5.74) is 5.58. The summed E-state index contributed by atoms with van der Waals surface area (Å²) in [5, 5.41) is 0. The fourth-order valence-electron chi connectivity index (χ4n) is 3.74. The second-order valence-corrected chi connectivity index (χ2v) is 8.18. The van der Waals surface area contributed by atoms with Crippen LogP contribution >= 0.6 is 0 Å². The van der Waals surface area contributed by atoms with Crippen LogP contribution in [0.2, 0.25) is 12.1 Å². The summed E-state index contributed by atoms with van der Waals surface area (Å²) in [4.78, 5) is 0. The number of fused-ring (bicyclic) bond motifs is 2. The van der Waals surface area contributed by atoms with Crippen LogP contribution in [0.4, 0.5) is 0 Å². The van der Waals surface area contributed by atoms with Crippen molar-refractivity contribution in [2.24, 2.45) is 0 Å². The van der Waals surface area contributed by atoms with Gasteiger partial charge in [-0.15, -0.1) is 24.0 Å². The molecule has 0 saturated carbocycles. The SMILES string of the molecule is C1=CC([CH-]C2C=Cc3ccccc32)c2ccccc21.C1CC[Si]C1.[CH3-].[Hf]. The van der Waals surface area contributed by atoms with E-state index in [9.17, 15) is 0 Å². The molecule has 0 bridgehead atoms. The first-order valence-corrected chi connectivity index (χ1v) is 10.4. The van der Waals surface area contributed by atoms with Crippen molar-refractivity contribution < 1.29 is 25.8 Å². The maximum atomic E-state index is 2.45. The van der Waals surface area contributed by atoms with Crippen LogP contribution in [0.25, 0.3) is 12.2 Å². The fraction of sp³-hybridized carbons (Fsp3) is 0.250. The van der Waals surface area contributed by atoms with Gasteiger partial charge in [0.25, 0.3) is 0 Å². The van der Waals surface area contributed by atoms with E-state index in [-0.39, 0.29) is 33.3 Å². The smallest absolute Gasteiger partial charge is 0.0377 e. The number of rotatable bonds is 2. The molecule has 1 aliphatic heterocycles. The van der Waals surface area contributed by atoms with Gasteiger partial charge < -0.3 is 13.8 Å². The Morgan fingerprint density at radius 3 is 1.62 bits per heavy atom. The first kappa shape index (κ1) is 21.3. The molecule has 1 fully saturated rings. The van der Waals surface area contributed by atoms with Crippen molar-refractivity contribution in [3.05, 3.63) is 96.8 Å². The Kier molecular flexibility index (Phi) is 8.50. The molecule has 2 aliphatic carbocycles. The van der Waals surface area contributed by atoms with Gasteiger partial charge in [0, 0.05) is 35.4 Å². The molecule has 0 spiro atoms. The molecule has 0 nitrogen and oxygen atoms in total. The van der Waals surface area contributed by atoms with Crippen molar-refractivity contribution in [3.63, 3.8) is 0 Å². The average molecular weight is 521 g/mol. The van der Waals surface area contributed by atoms with E-state index in [0.29, 0.717) is 11.8 Å². The molecule has 1 saturated heterocycles. The minimum atomic E-state index is 0. The van der Waals surface area contributed by atoms with E-state index in [2.05, 4.69) is 79.3 Å². The second-order valence-electron chi connectivity index (χ2n) is 6.68. The minimum absolute atomic E-state index is 0. The molecule has 3 aliphatic rings. The molecular weight excluding hydrogens is 495 g/mol. The Balaban J connectivity index is 0.000000304. The van der Waals surface area contributed by atoms with E-state index >= 15 is 0 Å². The number of allylic oxidation sites excluding steroid dienone is 2.